The quantitative estimate of drug-likeness (QED) is 0.733. The number of nitrogens with one attached hydrogen (secondary N) is 1. The SMILES string of the molecule is CC1CCC(NC2CCC(C)C(C)C2)C1. The summed E-state index contributed by atoms with van der Waals surface area (Å²) in [5.41, 5.74) is 0. The Hall–Kier alpha value is -0.0400. The van der Waals surface area contributed by atoms with Crippen LogP contribution in [0.2, 0.25) is 0 Å². The molecule has 15 heavy (non-hydrogen) atoms. The minimum absolute atomic E-state index is 0.825. The van der Waals surface area contributed by atoms with Crippen molar-refractivity contribution in [3.63, 3.8) is 0 Å². The third kappa shape index (κ3) is 2.96. The first kappa shape index (κ1) is 11.4. The summed E-state index contributed by atoms with van der Waals surface area (Å²) in [6.45, 7) is 7.24. The fourth-order valence-electron chi connectivity index (χ4n) is 3.39. The van der Waals surface area contributed by atoms with Gasteiger partial charge in [0.25, 0.3) is 0 Å². The largest absolute Gasteiger partial charge is 0.311 e. The molecule has 0 aromatic heterocycles. The average Bonchev–Trinajstić information content (AvgIpc) is 2.58. The van der Waals surface area contributed by atoms with Crippen molar-refractivity contribution < 1.29 is 0 Å². The van der Waals surface area contributed by atoms with Gasteiger partial charge in [0.2, 0.25) is 0 Å². The number of rotatable bonds is 2. The van der Waals surface area contributed by atoms with Crippen LogP contribution in [0.3, 0.4) is 0 Å². The van der Waals surface area contributed by atoms with Gasteiger partial charge in [0.05, 0.1) is 0 Å². The molecule has 1 N–H and O–H groups in total. The third-order valence-corrected chi connectivity index (χ3v) is 4.76. The monoisotopic (exact) mass is 209 g/mol. The van der Waals surface area contributed by atoms with Gasteiger partial charge in [0.1, 0.15) is 0 Å². The Kier molecular flexibility index (Phi) is 3.71. The Labute approximate surface area is 95.0 Å². The van der Waals surface area contributed by atoms with Gasteiger partial charge in [-0.1, -0.05) is 20.8 Å². The van der Waals surface area contributed by atoms with Crippen LogP contribution in [0, 0.1) is 17.8 Å². The van der Waals surface area contributed by atoms with Crippen LogP contribution in [0.5, 0.6) is 0 Å². The molecule has 5 atom stereocenters. The molecule has 0 aromatic carbocycles. The standard InChI is InChI=1S/C14H27N/c1-10-4-6-13(8-10)15-14-7-5-11(2)12(3)9-14/h10-15H,4-9H2,1-3H3. The van der Waals surface area contributed by atoms with E-state index in [-0.39, 0.29) is 0 Å². The number of hydrogen-bond donors (Lipinski definition) is 1. The molecule has 5 unspecified atom stereocenters. The van der Waals surface area contributed by atoms with Crippen molar-refractivity contribution >= 4 is 0 Å². The van der Waals surface area contributed by atoms with Crippen LogP contribution in [0.25, 0.3) is 0 Å². The van der Waals surface area contributed by atoms with Crippen molar-refractivity contribution in [2.24, 2.45) is 17.8 Å². The molecular weight excluding hydrogens is 182 g/mol. The fraction of sp³-hybridized carbons (Fsp3) is 1.00. The lowest BCUT2D eigenvalue weighted by molar-refractivity contribution is 0.214. The van der Waals surface area contributed by atoms with E-state index in [1.165, 1.54) is 38.5 Å². The molecule has 1 heteroatoms. The molecule has 2 aliphatic rings. The van der Waals surface area contributed by atoms with Crippen molar-refractivity contribution in [1.82, 2.24) is 5.32 Å². The molecule has 2 rings (SSSR count). The Morgan fingerprint density at radius 1 is 0.733 bits per heavy atom. The molecule has 88 valence electrons. The van der Waals surface area contributed by atoms with Crippen LogP contribution in [0.1, 0.15) is 59.3 Å². The molecule has 2 fully saturated rings. The maximum atomic E-state index is 3.90. The van der Waals surface area contributed by atoms with Crippen LogP contribution in [0.4, 0.5) is 0 Å². The van der Waals surface area contributed by atoms with Gasteiger partial charge in [-0.3, -0.25) is 0 Å². The zero-order chi connectivity index (χ0) is 10.8. The van der Waals surface area contributed by atoms with Crippen LogP contribution in [-0.2, 0) is 0 Å². The lowest BCUT2D eigenvalue weighted by Gasteiger charge is -2.34. The van der Waals surface area contributed by atoms with Gasteiger partial charge < -0.3 is 5.32 Å². The Bertz CT molecular complexity index is 202. The first-order valence-electron chi connectivity index (χ1n) is 6.91. The highest BCUT2D eigenvalue weighted by Crippen LogP contribution is 2.31. The molecule has 2 saturated carbocycles. The van der Waals surface area contributed by atoms with E-state index >= 15 is 0 Å². The lowest BCUT2D eigenvalue weighted by Crippen LogP contribution is -2.41. The molecule has 1 nitrogen and oxygen atoms in total. The van der Waals surface area contributed by atoms with Gasteiger partial charge in [-0.2, -0.15) is 0 Å². The molecule has 0 amide bonds. The second-order valence-corrected chi connectivity index (χ2v) is 6.25. The van der Waals surface area contributed by atoms with E-state index in [9.17, 15) is 0 Å². The van der Waals surface area contributed by atoms with Crippen molar-refractivity contribution in [3.8, 4) is 0 Å². The van der Waals surface area contributed by atoms with Crippen molar-refractivity contribution in [1.29, 1.82) is 0 Å². The normalized spacial score (nSPS) is 47.0. The number of hydrogen-bond acceptors (Lipinski definition) is 1. The summed E-state index contributed by atoms with van der Waals surface area (Å²) in [4.78, 5) is 0. The highest BCUT2D eigenvalue weighted by atomic mass is 15.0. The molecule has 0 aliphatic heterocycles. The molecular formula is C14H27N. The maximum Gasteiger partial charge on any atom is 0.00723 e. The molecule has 2 aliphatic carbocycles. The summed E-state index contributed by atoms with van der Waals surface area (Å²) in [6.07, 6.45) is 8.53. The van der Waals surface area contributed by atoms with Crippen LogP contribution >= 0.6 is 0 Å². The van der Waals surface area contributed by atoms with E-state index in [0.29, 0.717) is 0 Å². The second kappa shape index (κ2) is 4.86. The first-order valence-corrected chi connectivity index (χ1v) is 6.91. The topological polar surface area (TPSA) is 12.0 Å². The zero-order valence-corrected chi connectivity index (χ0v) is 10.6. The Balaban J connectivity index is 1.75. The zero-order valence-electron chi connectivity index (χ0n) is 10.6. The predicted molar refractivity (Wildman–Crippen MR) is 65.9 cm³/mol. The molecule has 0 aromatic rings. The summed E-state index contributed by atoms with van der Waals surface area (Å²) in [7, 11) is 0. The first-order chi connectivity index (χ1) is 7.15. The third-order valence-electron chi connectivity index (χ3n) is 4.76. The summed E-state index contributed by atoms with van der Waals surface area (Å²) in [6, 6.07) is 1.66. The smallest absolute Gasteiger partial charge is 0.00723 e. The van der Waals surface area contributed by atoms with Crippen molar-refractivity contribution in [2.45, 2.75) is 71.4 Å². The highest BCUT2D eigenvalue weighted by molar-refractivity contribution is 4.85. The van der Waals surface area contributed by atoms with Crippen LogP contribution in [0.15, 0.2) is 0 Å². The molecule has 0 spiro atoms. The summed E-state index contributed by atoms with van der Waals surface area (Å²) in [5.74, 6) is 2.84. The summed E-state index contributed by atoms with van der Waals surface area (Å²) in [5, 5.41) is 3.90. The van der Waals surface area contributed by atoms with E-state index in [1.807, 2.05) is 0 Å². The summed E-state index contributed by atoms with van der Waals surface area (Å²) < 4.78 is 0. The van der Waals surface area contributed by atoms with Gasteiger partial charge in [0.15, 0.2) is 0 Å². The highest BCUT2D eigenvalue weighted by Gasteiger charge is 2.28. The second-order valence-electron chi connectivity index (χ2n) is 6.25. The Morgan fingerprint density at radius 2 is 1.40 bits per heavy atom. The van der Waals surface area contributed by atoms with E-state index < -0.39 is 0 Å². The van der Waals surface area contributed by atoms with Gasteiger partial charge in [-0.05, 0) is 56.3 Å². The van der Waals surface area contributed by atoms with Crippen molar-refractivity contribution in [2.75, 3.05) is 0 Å². The van der Waals surface area contributed by atoms with Gasteiger partial charge in [0, 0.05) is 12.1 Å². The minimum atomic E-state index is 0.825. The summed E-state index contributed by atoms with van der Waals surface area (Å²) >= 11 is 0. The minimum Gasteiger partial charge on any atom is -0.311 e. The van der Waals surface area contributed by atoms with Gasteiger partial charge >= 0.3 is 0 Å². The van der Waals surface area contributed by atoms with E-state index in [4.69, 9.17) is 0 Å². The van der Waals surface area contributed by atoms with Crippen LogP contribution in [-0.4, -0.2) is 12.1 Å². The predicted octanol–water partition coefficient (Wildman–Crippen LogP) is 3.59. The molecule has 0 bridgehead atoms. The van der Waals surface area contributed by atoms with Crippen LogP contribution < -0.4 is 5.32 Å². The van der Waals surface area contributed by atoms with E-state index in [1.54, 1.807) is 0 Å². The Morgan fingerprint density at radius 3 is 2.00 bits per heavy atom. The van der Waals surface area contributed by atoms with Gasteiger partial charge in [-0.25, -0.2) is 0 Å². The van der Waals surface area contributed by atoms with E-state index in [0.717, 1.165) is 29.8 Å². The molecule has 0 radical (unpaired) electrons. The molecule has 0 saturated heterocycles. The maximum absolute atomic E-state index is 3.90. The fourth-order valence-corrected chi connectivity index (χ4v) is 3.39. The van der Waals surface area contributed by atoms with Crippen molar-refractivity contribution in [3.05, 3.63) is 0 Å². The lowest BCUT2D eigenvalue weighted by atomic mass is 9.79. The molecule has 0 heterocycles. The average molecular weight is 209 g/mol. The van der Waals surface area contributed by atoms with Gasteiger partial charge in [-0.15, -0.1) is 0 Å². The van der Waals surface area contributed by atoms with E-state index in [2.05, 4.69) is 26.1 Å².